The molecule has 2 aromatic carbocycles. The highest BCUT2D eigenvalue weighted by molar-refractivity contribution is 6.23. The zero-order chi connectivity index (χ0) is 19.8. The third-order valence-corrected chi connectivity index (χ3v) is 5.35. The van der Waals surface area contributed by atoms with Crippen LogP contribution in [0.3, 0.4) is 0 Å². The van der Waals surface area contributed by atoms with E-state index in [0.717, 1.165) is 37.7 Å². The van der Waals surface area contributed by atoms with Crippen LogP contribution in [-0.4, -0.2) is 51.0 Å². The normalized spacial score (nSPS) is 21.0. The number of ether oxygens (including phenoxy) is 3. The second-order valence-corrected chi connectivity index (χ2v) is 7.15. The van der Waals surface area contributed by atoms with Crippen molar-refractivity contribution in [2.24, 2.45) is 0 Å². The number of morpholine rings is 1. The Balaban J connectivity index is 1.28. The van der Waals surface area contributed by atoms with Crippen molar-refractivity contribution in [3.8, 4) is 11.5 Å². The maximum atomic E-state index is 12.9. The molecule has 150 valence electrons. The van der Waals surface area contributed by atoms with Crippen molar-refractivity contribution in [1.82, 2.24) is 0 Å². The minimum absolute atomic E-state index is 0.110. The number of benzene rings is 2. The quantitative estimate of drug-likeness (QED) is 0.793. The summed E-state index contributed by atoms with van der Waals surface area (Å²) in [5.41, 5.74) is 2.42. The molecule has 8 heteroatoms. The van der Waals surface area contributed by atoms with Gasteiger partial charge >= 0.3 is 0 Å². The predicted octanol–water partition coefficient (Wildman–Crippen LogP) is 2.00. The molecule has 3 aliphatic heterocycles. The molecule has 5 rings (SSSR count). The number of fused-ring (bicyclic) bond motifs is 1. The predicted molar refractivity (Wildman–Crippen MR) is 107 cm³/mol. The number of hydrogen-bond donors (Lipinski definition) is 1. The molecule has 29 heavy (non-hydrogen) atoms. The molecule has 1 unspecified atom stereocenters. The smallest absolute Gasteiger partial charge is 0.256 e. The van der Waals surface area contributed by atoms with Gasteiger partial charge in [0.1, 0.15) is 6.04 Å². The lowest BCUT2D eigenvalue weighted by Gasteiger charge is -2.29. The first-order chi connectivity index (χ1) is 14.2. The van der Waals surface area contributed by atoms with E-state index in [-0.39, 0.29) is 25.0 Å². The van der Waals surface area contributed by atoms with Crippen molar-refractivity contribution in [3.05, 3.63) is 42.5 Å². The van der Waals surface area contributed by atoms with E-state index in [4.69, 9.17) is 14.2 Å². The van der Waals surface area contributed by atoms with Crippen molar-refractivity contribution in [3.63, 3.8) is 0 Å². The molecule has 2 fully saturated rings. The maximum Gasteiger partial charge on any atom is 0.256 e. The summed E-state index contributed by atoms with van der Waals surface area (Å²) in [5, 5.41) is 3.19. The number of rotatable bonds is 4. The minimum Gasteiger partial charge on any atom is -0.454 e. The highest BCUT2D eigenvalue weighted by Crippen LogP contribution is 2.37. The van der Waals surface area contributed by atoms with Crippen molar-refractivity contribution < 1.29 is 23.8 Å². The van der Waals surface area contributed by atoms with Crippen molar-refractivity contribution in [2.75, 3.05) is 48.2 Å². The summed E-state index contributed by atoms with van der Waals surface area (Å²) in [6, 6.07) is 12.4. The average molecular weight is 395 g/mol. The molecule has 0 radical (unpaired) electrons. The van der Waals surface area contributed by atoms with Crippen LogP contribution in [0, 0.1) is 0 Å². The Morgan fingerprint density at radius 3 is 2.41 bits per heavy atom. The molecule has 3 aliphatic rings. The Labute approximate surface area is 167 Å². The number of anilines is 3. The third kappa shape index (κ3) is 3.36. The number of carbonyl (C=O) groups is 2. The first-order valence-electron chi connectivity index (χ1n) is 9.65. The summed E-state index contributed by atoms with van der Waals surface area (Å²) < 4.78 is 16.0. The molecule has 0 bridgehead atoms. The number of imide groups is 1. The highest BCUT2D eigenvalue weighted by atomic mass is 16.7. The molecule has 1 atom stereocenters. The van der Waals surface area contributed by atoms with E-state index in [2.05, 4.69) is 10.2 Å². The average Bonchev–Trinajstić information content (AvgIpc) is 3.32. The van der Waals surface area contributed by atoms with E-state index < -0.39 is 6.04 Å². The topological polar surface area (TPSA) is 80.3 Å². The first kappa shape index (κ1) is 17.8. The standard InChI is InChI=1S/C21H21N3O5/c25-20-12-17(21(26)24(20)16-5-6-18-19(11-16)29-13-28-18)22-14-1-3-15(4-2-14)23-7-9-27-10-8-23/h1-6,11,17,22H,7-10,12-13H2. The van der Waals surface area contributed by atoms with Crippen LogP contribution in [0.4, 0.5) is 17.1 Å². The molecule has 3 heterocycles. The molecule has 0 aliphatic carbocycles. The Kier molecular flexibility index (Phi) is 4.48. The SMILES string of the molecule is O=C1CC(Nc2ccc(N3CCOCC3)cc2)C(=O)N1c1ccc2c(c1)OCO2. The molecule has 1 N–H and O–H groups in total. The Bertz CT molecular complexity index is 940. The van der Waals surface area contributed by atoms with Gasteiger partial charge < -0.3 is 24.4 Å². The highest BCUT2D eigenvalue weighted by Gasteiger charge is 2.40. The summed E-state index contributed by atoms with van der Waals surface area (Å²) in [5.74, 6) is 0.642. The van der Waals surface area contributed by atoms with Gasteiger partial charge in [-0.1, -0.05) is 0 Å². The van der Waals surface area contributed by atoms with E-state index in [1.807, 2.05) is 24.3 Å². The van der Waals surface area contributed by atoms with Gasteiger partial charge in [-0.2, -0.15) is 0 Å². The van der Waals surface area contributed by atoms with Gasteiger partial charge in [-0.15, -0.1) is 0 Å². The molecule has 0 spiro atoms. The third-order valence-electron chi connectivity index (χ3n) is 5.35. The van der Waals surface area contributed by atoms with Crippen molar-refractivity contribution in [1.29, 1.82) is 0 Å². The summed E-state index contributed by atoms with van der Waals surface area (Å²) in [6.07, 6.45) is 0.110. The largest absolute Gasteiger partial charge is 0.454 e. The zero-order valence-corrected chi connectivity index (χ0v) is 15.8. The van der Waals surface area contributed by atoms with Crippen LogP contribution in [-0.2, 0) is 14.3 Å². The van der Waals surface area contributed by atoms with Crippen LogP contribution in [0.2, 0.25) is 0 Å². The van der Waals surface area contributed by atoms with E-state index in [9.17, 15) is 9.59 Å². The molecular weight excluding hydrogens is 374 g/mol. The number of hydrogen-bond acceptors (Lipinski definition) is 7. The van der Waals surface area contributed by atoms with Crippen LogP contribution >= 0.6 is 0 Å². The van der Waals surface area contributed by atoms with E-state index in [0.29, 0.717) is 17.2 Å². The monoisotopic (exact) mass is 395 g/mol. The van der Waals surface area contributed by atoms with Gasteiger partial charge in [0, 0.05) is 30.5 Å². The number of nitrogens with one attached hydrogen (secondary N) is 1. The number of nitrogens with zero attached hydrogens (tertiary/aromatic N) is 2. The van der Waals surface area contributed by atoms with Gasteiger partial charge in [0.05, 0.1) is 25.3 Å². The summed E-state index contributed by atoms with van der Waals surface area (Å²) in [7, 11) is 0. The van der Waals surface area contributed by atoms with Crippen LogP contribution in [0.5, 0.6) is 11.5 Å². The first-order valence-corrected chi connectivity index (χ1v) is 9.65. The van der Waals surface area contributed by atoms with E-state index in [1.165, 1.54) is 4.90 Å². The molecule has 8 nitrogen and oxygen atoms in total. The fourth-order valence-corrected chi connectivity index (χ4v) is 3.83. The van der Waals surface area contributed by atoms with Gasteiger partial charge in [0.2, 0.25) is 12.7 Å². The Morgan fingerprint density at radius 1 is 0.897 bits per heavy atom. The van der Waals surface area contributed by atoms with Crippen LogP contribution in [0.1, 0.15) is 6.42 Å². The molecule has 2 aromatic rings. The van der Waals surface area contributed by atoms with Gasteiger partial charge in [-0.3, -0.25) is 9.59 Å². The van der Waals surface area contributed by atoms with Gasteiger partial charge in [-0.05, 0) is 36.4 Å². The lowest BCUT2D eigenvalue weighted by atomic mass is 10.2. The second-order valence-electron chi connectivity index (χ2n) is 7.15. The Morgan fingerprint density at radius 2 is 1.62 bits per heavy atom. The van der Waals surface area contributed by atoms with Crippen LogP contribution in [0.15, 0.2) is 42.5 Å². The molecule has 2 saturated heterocycles. The van der Waals surface area contributed by atoms with Crippen LogP contribution in [0.25, 0.3) is 0 Å². The lowest BCUT2D eigenvalue weighted by Crippen LogP contribution is -2.36. The summed E-state index contributed by atoms with van der Waals surface area (Å²) >= 11 is 0. The maximum absolute atomic E-state index is 12.9. The number of amides is 2. The van der Waals surface area contributed by atoms with E-state index in [1.54, 1.807) is 18.2 Å². The summed E-state index contributed by atoms with van der Waals surface area (Å²) in [6.45, 7) is 3.34. The zero-order valence-electron chi connectivity index (χ0n) is 15.8. The lowest BCUT2D eigenvalue weighted by molar-refractivity contribution is -0.121. The van der Waals surface area contributed by atoms with Gasteiger partial charge in [-0.25, -0.2) is 4.90 Å². The summed E-state index contributed by atoms with van der Waals surface area (Å²) in [4.78, 5) is 28.9. The fraction of sp³-hybridized carbons (Fsp3) is 0.333. The molecule has 2 amide bonds. The fourth-order valence-electron chi connectivity index (χ4n) is 3.83. The molecule has 0 aromatic heterocycles. The second kappa shape index (κ2) is 7.29. The van der Waals surface area contributed by atoms with Crippen LogP contribution < -0.4 is 24.6 Å². The van der Waals surface area contributed by atoms with E-state index >= 15 is 0 Å². The van der Waals surface area contributed by atoms with Crippen molar-refractivity contribution >= 4 is 28.9 Å². The minimum atomic E-state index is -0.595. The van der Waals surface area contributed by atoms with Gasteiger partial charge in [0.15, 0.2) is 11.5 Å². The Hall–Kier alpha value is -3.26. The molecule has 0 saturated carbocycles. The number of carbonyl (C=O) groups excluding carboxylic acids is 2. The molecular formula is C21H21N3O5. The van der Waals surface area contributed by atoms with Gasteiger partial charge in [0.25, 0.3) is 5.91 Å². The van der Waals surface area contributed by atoms with Crippen molar-refractivity contribution in [2.45, 2.75) is 12.5 Å².